The normalized spacial score (nSPS) is 16.8. The molecule has 2 aromatic heterocycles. The maximum absolute atomic E-state index is 11.9. The summed E-state index contributed by atoms with van der Waals surface area (Å²) in [6, 6.07) is 6.47. The van der Waals surface area contributed by atoms with Crippen molar-refractivity contribution in [2.75, 3.05) is 19.7 Å². The molecule has 3 aromatic rings. The lowest BCUT2D eigenvalue weighted by Crippen LogP contribution is -2.51. The summed E-state index contributed by atoms with van der Waals surface area (Å²) in [5, 5.41) is 14.9. The van der Waals surface area contributed by atoms with E-state index in [0.29, 0.717) is 19.7 Å². The van der Waals surface area contributed by atoms with Crippen molar-refractivity contribution in [2.45, 2.75) is 52.2 Å². The number of aromatic nitrogens is 4. The van der Waals surface area contributed by atoms with Crippen LogP contribution in [-0.4, -0.2) is 61.5 Å². The van der Waals surface area contributed by atoms with E-state index in [1.165, 1.54) is 11.8 Å². The van der Waals surface area contributed by atoms with Crippen LogP contribution in [0.2, 0.25) is 0 Å². The molecule has 1 unspecified atom stereocenters. The zero-order chi connectivity index (χ0) is 22.6. The van der Waals surface area contributed by atoms with Crippen LogP contribution >= 0.6 is 11.3 Å². The third kappa shape index (κ3) is 3.59. The summed E-state index contributed by atoms with van der Waals surface area (Å²) >= 11 is 1.66. The first-order valence-electron chi connectivity index (χ1n) is 11.0. The fourth-order valence-electron chi connectivity index (χ4n) is 4.26. The predicted molar refractivity (Wildman–Crippen MR) is 122 cm³/mol. The van der Waals surface area contributed by atoms with Crippen LogP contribution in [0, 0.1) is 6.92 Å². The van der Waals surface area contributed by atoms with E-state index < -0.39 is 6.10 Å². The van der Waals surface area contributed by atoms with Crippen molar-refractivity contribution in [2.24, 2.45) is 0 Å². The first kappa shape index (κ1) is 21.1. The van der Waals surface area contributed by atoms with Crippen molar-refractivity contribution in [3.63, 3.8) is 0 Å². The standard InChI is InChI=1S/C23H27N5O3S/c1-12(2)28-21(24-14(4)26-28)22-25-20-17-6-5-15(9-18(17)31-8-7-19(20)32-22)16-10-27(11-16)23(30)13(3)29/h5-6,9,12-13,16,29H,7-8,10-11H2,1-4H3. The molecule has 4 heterocycles. The van der Waals surface area contributed by atoms with Crippen LogP contribution in [0.5, 0.6) is 5.75 Å². The molecule has 1 aromatic carbocycles. The molecule has 2 aliphatic rings. The number of fused-ring (bicyclic) bond motifs is 3. The van der Waals surface area contributed by atoms with Crippen molar-refractivity contribution in [3.05, 3.63) is 34.5 Å². The first-order valence-corrected chi connectivity index (χ1v) is 11.8. The number of aryl methyl sites for hydroxylation is 1. The molecule has 9 heteroatoms. The molecule has 0 saturated carbocycles. The van der Waals surface area contributed by atoms with E-state index in [1.54, 1.807) is 16.2 Å². The van der Waals surface area contributed by atoms with Gasteiger partial charge in [-0.3, -0.25) is 4.79 Å². The van der Waals surface area contributed by atoms with Crippen LogP contribution in [0.25, 0.3) is 22.1 Å². The molecule has 0 bridgehead atoms. The van der Waals surface area contributed by atoms with Gasteiger partial charge in [-0.2, -0.15) is 5.10 Å². The van der Waals surface area contributed by atoms with Gasteiger partial charge >= 0.3 is 0 Å². The topological polar surface area (TPSA) is 93.4 Å². The Morgan fingerprint density at radius 2 is 2.03 bits per heavy atom. The number of likely N-dealkylation sites (tertiary alicyclic amines) is 1. The minimum Gasteiger partial charge on any atom is -0.492 e. The highest BCUT2D eigenvalue weighted by Crippen LogP contribution is 2.42. The van der Waals surface area contributed by atoms with Crippen LogP contribution < -0.4 is 4.74 Å². The molecule has 168 valence electrons. The number of nitrogens with zero attached hydrogens (tertiary/aromatic N) is 5. The number of hydrogen-bond acceptors (Lipinski definition) is 7. The molecular formula is C23H27N5O3S. The van der Waals surface area contributed by atoms with Gasteiger partial charge in [-0.1, -0.05) is 6.07 Å². The van der Waals surface area contributed by atoms with Crippen molar-refractivity contribution < 1.29 is 14.6 Å². The van der Waals surface area contributed by atoms with Gasteiger partial charge in [0.2, 0.25) is 0 Å². The molecule has 32 heavy (non-hydrogen) atoms. The SMILES string of the molecule is Cc1nc(-c2nc3c(s2)CCOc2cc(C4CN(C(=O)C(C)O)C4)ccc2-3)n(C(C)C)n1. The van der Waals surface area contributed by atoms with Crippen LogP contribution in [0.4, 0.5) is 0 Å². The Hall–Kier alpha value is -2.78. The molecule has 1 atom stereocenters. The first-order chi connectivity index (χ1) is 15.3. The highest BCUT2D eigenvalue weighted by Gasteiger charge is 2.34. The van der Waals surface area contributed by atoms with Gasteiger partial charge in [-0.25, -0.2) is 14.6 Å². The molecule has 0 aliphatic carbocycles. The molecule has 0 spiro atoms. The lowest BCUT2D eigenvalue weighted by Gasteiger charge is -2.40. The number of aliphatic hydroxyl groups excluding tert-OH is 1. The highest BCUT2D eigenvalue weighted by atomic mass is 32.1. The fraction of sp³-hybridized carbons (Fsp3) is 0.478. The zero-order valence-corrected chi connectivity index (χ0v) is 19.5. The predicted octanol–water partition coefficient (Wildman–Crippen LogP) is 3.20. The van der Waals surface area contributed by atoms with Crippen LogP contribution in [0.1, 0.15) is 49.0 Å². The summed E-state index contributed by atoms with van der Waals surface area (Å²) in [5.74, 6) is 2.44. The number of rotatable bonds is 4. The Morgan fingerprint density at radius 1 is 1.25 bits per heavy atom. The summed E-state index contributed by atoms with van der Waals surface area (Å²) in [7, 11) is 0. The Labute approximate surface area is 190 Å². The second-order valence-corrected chi connectivity index (χ2v) is 9.87. The van der Waals surface area contributed by atoms with E-state index in [0.717, 1.165) is 45.6 Å². The van der Waals surface area contributed by atoms with E-state index in [-0.39, 0.29) is 17.9 Å². The second kappa shape index (κ2) is 7.97. The van der Waals surface area contributed by atoms with Gasteiger partial charge in [0.25, 0.3) is 5.91 Å². The number of amides is 1. The molecule has 1 fully saturated rings. The molecule has 1 saturated heterocycles. The summed E-state index contributed by atoms with van der Waals surface area (Å²) in [6.45, 7) is 9.45. The molecule has 5 rings (SSSR count). The zero-order valence-electron chi connectivity index (χ0n) is 18.7. The van der Waals surface area contributed by atoms with E-state index in [9.17, 15) is 9.90 Å². The quantitative estimate of drug-likeness (QED) is 0.652. The summed E-state index contributed by atoms with van der Waals surface area (Å²) < 4.78 is 8.02. The van der Waals surface area contributed by atoms with Gasteiger partial charge in [0.05, 0.1) is 12.3 Å². The maximum atomic E-state index is 11.9. The number of ether oxygens (including phenoxy) is 1. The van der Waals surface area contributed by atoms with Crippen LogP contribution in [-0.2, 0) is 11.2 Å². The van der Waals surface area contributed by atoms with Gasteiger partial charge in [-0.05, 0) is 45.4 Å². The third-order valence-electron chi connectivity index (χ3n) is 5.98. The number of benzene rings is 1. The van der Waals surface area contributed by atoms with Crippen LogP contribution in [0.15, 0.2) is 18.2 Å². The van der Waals surface area contributed by atoms with Crippen molar-refractivity contribution in [3.8, 4) is 27.8 Å². The minimum atomic E-state index is -0.950. The van der Waals surface area contributed by atoms with Crippen LogP contribution in [0.3, 0.4) is 0 Å². The Morgan fingerprint density at radius 3 is 2.75 bits per heavy atom. The lowest BCUT2D eigenvalue weighted by molar-refractivity contribution is -0.143. The van der Waals surface area contributed by atoms with E-state index in [2.05, 4.69) is 42.1 Å². The van der Waals surface area contributed by atoms with Gasteiger partial charge in [0.1, 0.15) is 17.7 Å². The Balaban J connectivity index is 1.44. The van der Waals surface area contributed by atoms with E-state index in [1.807, 2.05) is 11.6 Å². The maximum Gasteiger partial charge on any atom is 0.251 e. The van der Waals surface area contributed by atoms with E-state index in [4.69, 9.17) is 9.72 Å². The molecule has 8 nitrogen and oxygen atoms in total. The van der Waals surface area contributed by atoms with E-state index >= 15 is 0 Å². The van der Waals surface area contributed by atoms with Crippen molar-refractivity contribution in [1.82, 2.24) is 24.6 Å². The lowest BCUT2D eigenvalue weighted by atomic mass is 9.90. The number of carbonyl (C=O) groups excluding carboxylic acids is 1. The monoisotopic (exact) mass is 453 g/mol. The van der Waals surface area contributed by atoms with Gasteiger partial charge in [-0.15, -0.1) is 11.3 Å². The molecule has 2 aliphatic heterocycles. The highest BCUT2D eigenvalue weighted by molar-refractivity contribution is 7.15. The smallest absolute Gasteiger partial charge is 0.251 e. The van der Waals surface area contributed by atoms with Crippen molar-refractivity contribution >= 4 is 17.2 Å². The Bertz CT molecular complexity index is 1180. The fourth-order valence-corrected chi connectivity index (χ4v) is 5.30. The molecule has 1 N–H and O–H groups in total. The number of thiazole rings is 1. The number of carbonyl (C=O) groups is 1. The summed E-state index contributed by atoms with van der Waals surface area (Å²) in [4.78, 5) is 24.4. The summed E-state index contributed by atoms with van der Waals surface area (Å²) in [6.07, 6.45) is -0.153. The van der Waals surface area contributed by atoms with Gasteiger partial charge < -0.3 is 14.7 Å². The third-order valence-corrected chi connectivity index (χ3v) is 7.10. The van der Waals surface area contributed by atoms with Gasteiger partial charge in [0, 0.05) is 41.9 Å². The molecular weight excluding hydrogens is 426 g/mol. The number of hydrogen-bond donors (Lipinski definition) is 1. The van der Waals surface area contributed by atoms with Gasteiger partial charge in [0.15, 0.2) is 10.8 Å². The summed E-state index contributed by atoms with van der Waals surface area (Å²) in [5.41, 5.74) is 3.10. The second-order valence-electron chi connectivity index (χ2n) is 8.78. The van der Waals surface area contributed by atoms with Crippen molar-refractivity contribution in [1.29, 1.82) is 0 Å². The largest absolute Gasteiger partial charge is 0.492 e. The molecule has 0 radical (unpaired) electrons. The minimum absolute atomic E-state index is 0.204. The Kier molecular flexibility index (Phi) is 5.25. The average Bonchev–Trinajstić information content (AvgIpc) is 3.26. The average molecular weight is 454 g/mol. The molecule has 1 amide bonds. The number of aliphatic hydroxyl groups is 1.